The van der Waals surface area contributed by atoms with E-state index in [1.807, 2.05) is 0 Å². The molecule has 0 aromatic rings. The van der Waals surface area contributed by atoms with Crippen LogP contribution in [-0.4, -0.2) is 16.8 Å². The second-order valence-corrected chi connectivity index (χ2v) is 5.31. The van der Waals surface area contributed by atoms with E-state index in [4.69, 9.17) is 0 Å². The van der Waals surface area contributed by atoms with Gasteiger partial charge in [0.15, 0.2) is 0 Å². The standard InChI is InChI=1S/C11H20BrNO/c1-9(2)4-5-10(14)13-11(8-12)6-3-7-11/h9H,3-8H2,1-2H3,(H,13,14). The lowest BCUT2D eigenvalue weighted by Gasteiger charge is -2.41. The molecule has 0 heterocycles. The second kappa shape index (κ2) is 5.15. The molecule has 3 heteroatoms. The monoisotopic (exact) mass is 261 g/mol. The molecule has 0 saturated heterocycles. The van der Waals surface area contributed by atoms with E-state index in [2.05, 4.69) is 35.1 Å². The van der Waals surface area contributed by atoms with Gasteiger partial charge in [0.1, 0.15) is 0 Å². The van der Waals surface area contributed by atoms with Gasteiger partial charge in [0.2, 0.25) is 5.91 Å². The van der Waals surface area contributed by atoms with E-state index in [-0.39, 0.29) is 11.4 Å². The number of hydrogen-bond donors (Lipinski definition) is 1. The zero-order valence-electron chi connectivity index (χ0n) is 9.11. The molecule has 1 fully saturated rings. The smallest absolute Gasteiger partial charge is 0.220 e. The Balaban J connectivity index is 2.25. The van der Waals surface area contributed by atoms with E-state index in [0.29, 0.717) is 12.3 Å². The molecule has 0 atom stereocenters. The van der Waals surface area contributed by atoms with E-state index in [9.17, 15) is 4.79 Å². The number of hydrogen-bond acceptors (Lipinski definition) is 1. The first-order valence-electron chi connectivity index (χ1n) is 5.45. The summed E-state index contributed by atoms with van der Waals surface area (Å²) in [5, 5.41) is 4.05. The Morgan fingerprint density at radius 3 is 2.50 bits per heavy atom. The summed E-state index contributed by atoms with van der Waals surface area (Å²) < 4.78 is 0. The maximum absolute atomic E-state index is 11.6. The summed E-state index contributed by atoms with van der Waals surface area (Å²) in [5.74, 6) is 0.833. The molecule has 0 radical (unpaired) electrons. The van der Waals surface area contributed by atoms with Crippen LogP contribution >= 0.6 is 15.9 Å². The zero-order chi connectivity index (χ0) is 10.6. The molecule has 82 valence electrons. The lowest BCUT2D eigenvalue weighted by atomic mass is 9.78. The lowest BCUT2D eigenvalue weighted by molar-refractivity contribution is -0.124. The third kappa shape index (κ3) is 3.26. The van der Waals surface area contributed by atoms with Crippen molar-refractivity contribution in [1.29, 1.82) is 0 Å². The molecule has 0 aromatic heterocycles. The van der Waals surface area contributed by atoms with Crippen LogP contribution < -0.4 is 5.32 Å². The van der Waals surface area contributed by atoms with Gasteiger partial charge in [-0.1, -0.05) is 29.8 Å². The Hall–Kier alpha value is -0.0500. The summed E-state index contributed by atoms with van der Waals surface area (Å²) in [6.07, 6.45) is 5.17. The number of halogens is 1. The maximum Gasteiger partial charge on any atom is 0.220 e. The van der Waals surface area contributed by atoms with Crippen LogP contribution in [0.25, 0.3) is 0 Å². The molecule has 1 saturated carbocycles. The van der Waals surface area contributed by atoms with Gasteiger partial charge in [0, 0.05) is 17.3 Å². The van der Waals surface area contributed by atoms with Crippen molar-refractivity contribution in [3.05, 3.63) is 0 Å². The first kappa shape index (κ1) is 12.0. The molecule has 0 unspecified atom stereocenters. The Morgan fingerprint density at radius 2 is 2.14 bits per heavy atom. The largest absolute Gasteiger partial charge is 0.350 e. The highest BCUT2D eigenvalue weighted by atomic mass is 79.9. The highest BCUT2D eigenvalue weighted by Gasteiger charge is 2.36. The Bertz CT molecular complexity index is 194. The topological polar surface area (TPSA) is 29.1 Å². The Labute approximate surface area is 95.0 Å². The number of carbonyl (C=O) groups excluding carboxylic acids is 1. The van der Waals surface area contributed by atoms with Crippen LogP contribution in [0.15, 0.2) is 0 Å². The van der Waals surface area contributed by atoms with E-state index in [1.165, 1.54) is 6.42 Å². The highest BCUT2D eigenvalue weighted by molar-refractivity contribution is 9.09. The molecule has 14 heavy (non-hydrogen) atoms. The predicted octanol–water partition coefficient (Wildman–Crippen LogP) is 2.86. The number of nitrogens with one attached hydrogen (secondary N) is 1. The number of amides is 1. The Morgan fingerprint density at radius 1 is 1.50 bits per heavy atom. The molecule has 0 aliphatic heterocycles. The summed E-state index contributed by atoms with van der Waals surface area (Å²) in [6, 6.07) is 0. The van der Waals surface area contributed by atoms with Crippen LogP contribution in [0.1, 0.15) is 46.0 Å². The van der Waals surface area contributed by atoms with Gasteiger partial charge in [-0.05, 0) is 31.6 Å². The van der Waals surface area contributed by atoms with E-state index in [1.54, 1.807) is 0 Å². The van der Waals surface area contributed by atoms with Gasteiger partial charge in [-0.15, -0.1) is 0 Å². The third-order valence-corrected chi connectivity index (χ3v) is 3.99. The van der Waals surface area contributed by atoms with Gasteiger partial charge in [0.05, 0.1) is 0 Å². The predicted molar refractivity (Wildman–Crippen MR) is 62.6 cm³/mol. The lowest BCUT2D eigenvalue weighted by Crippen LogP contribution is -2.54. The fourth-order valence-electron chi connectivity index (χ4n) is 1.67. The van der Waals surface area contributed by atoms with Crippen LogP contribution in [0.4, 0.5) is 0 Å². The average Bonchev–Trinajstić information content (AvgIpc) is 2.08. The number of carbonyl (C=O) groups is 1. The van der Waals surface area contributed by atoms with Crippen LogP contribution in [0.2, 0.25) is 0 Å². The molecule has 1 rings (SSSR count). The van der Waals surface area contributed by atoms with Gasteiger partial charge in [-0.3, -0.25) is 4.79 Å². The molecule has 0 spiro atoms. The van der Waals surface area contributed by atoms with Crippen molar-refractivity contribution in [2.75, 3.05) is 5.33 Å². The molecule has 1 amide bonds. The van der Waals surface area contributed by atoms with Crippen molar-refractivity contribution in [1.82, 2.24) is 5.32 Å². The SMILES string of the molecule is CC(C)CCC(=O)NC1(CBr)CCC1. The molecule has 0 bridgehead atoms. The minimum atomic E-state index is 0.0913. The van der Waals surface area contributed by atoms with Crippen LogP contribution in [-0.2, 0) is 4.79 Å². The molecule has 1 aliphatic carbocycles. The second-order valence-electron chi connectivity index (χ2n) is 4.75. The van der Waals surface area contributed by atoms with Crippen molar-refractivity contribution in [2.45, 2.75) is 51.5 Å². The summed E-state index contributed by atoms with van der Waals surface area (Å²) in [5.41, 5.74) is 0.0913. The third-order valence-electron chi connectivity index (χ3n) is 2.92. The van der Waals surface area contributed by atoms with Crippen molar-refractivity contribution >= 4 is 21.8 Å². The molecule has 2 nitrogen and oxygen atoms in total. The van der Waals surface area contributed by atoms with Crippen molar-refractivity contribution in [3.8, 4) is 0 Å². The fraction of sp³-hybridized carbons (Fsp3) is 0.909. The summed E-state index contributed by atoms with van der Waals surface area (Å²) in [4.78, 5) is 11.6. The van der Waals surface area contributed by atoms with E-state index < -0.39 is 0 Å². The average molecular weight is 262 g/mol. The fourth-order valence-corrected chi connectivity index (χ4v) is 2.37. The molecular weight excluding hydrogens is 242 g/mol. The summed E-state index contributed by atoms with van der Waals surface area (Å²) >= 11 is 3.48. The van der Waals surface area contributed by atoms with Gasteiger partial charge in [-0.2, -0.15) is 0 Å². The van der Waals surface area contributed by atoms with Crippen molar-refractivity contribution < 1.29 is 4.79 Å². The van der Waals surface area contributed by atoms with Gasteiger partial charge in [-0.25, -0.2) is 0 Å². The highest BCUT2D eigenvalue weighted by Crippen LogP contribution is 2.33. The molecule has 0 aromatic carbocycles. The molecule has 1 aliphatic rings. The minimum Gasteiger partial charge on any atom is -0.350 e. The first-order chi connectivity index (χ1) is 6.58. The quantitative estimate of drug-likeness (QED) is 0.758. The van der Waals surface area contributed by atoms with Crippen LogP contribution in [0.5, 0.6) is 0 Å². The summed E-state index contributed by atoms with van der Waals surface area (Å²) in [6.45, 7) is 4.30. The van der Waals surface area contributed by atoms with Gasteiger partial charge < -0.3 is 5.32 Å². The maximum atomic E-state index is 11.6. The van der Waals surface area contributed by atoms with Crippen LogP contribution in [0, 0.1) is 5.92 Å². The van der Waals surface area contributed by atoms with Gasteiger partial charge in [0.25, 0.3) is 0 Å². The molecule has 1 N–H and O–H groups in total. The van der Waals surface area contributed by atoms with Crippen molar-refractivity contribution in [2.24, 2.45) is 5.92 Å². The Kier molecular flexibility index (Phi) is 4.42. The number of rotatable bonds is 5. The van der Waals surface area contributed by atoms with E-state index >= 15 is 0 Å². The molecular formula is C11H20BrNO. The number of alkyl halides is 1. The first-order valence-corrected chi connectivity index (χ1v) is 6.57. The zero-order valence-corrected chi connectivity index (χ0v) is 10.7. The van der Waals surface area contributed by atoms with Crippen LogP contribution in [0.3, 0.4) is 0 Å². The minimum absolute atomic E-state index is 0.0913. The van der Waals surface area contributed by atoms with Crippen molar-refractivity contribution in [3.63, 3.8) is 0 Å². The summed E-state index contributed by atoms with van der Waals surface area (Å²) in [7, 11) is 0. The normalized spacial score (nSPS) is 19.1. The van der Waals surface area contributed by atoms with Gasteiger partial charge >= 0.3 is 0 Å². The van der Waals surface area contributed by atoms with E-state index in [0.717, 1.165) is 24.6 Å².